The molecule has 4 rings (SSSR count). The van der Waals surface area contributed by atoms with E-state index in [0.29, 0.717) is 23.0 Å². The van der Waals surface area contributed by atoms with Crippen molar-refractivity contribution >= 4 is 29.0 Å². The first-order valence-corrected chi connectivity index (χ1v) is 11.0. The van der Waals surface area contributed by atoms with E-state index in [1.54, 1.807) is 19.3 Å². The third-order valence-corrected chi connectivity index (χ3v) is 5.96. The summed E-state index contributed by atoms with van der Waals surface area (Å²) in [5.74, 6) is 0.888. The Balaban J connectivity index is 1.48. The van der Waals surface area contributed by atoms with Crippen molar-refractivity contribution in [1.82, 2.24) is 4.90 Å². The Morgan fingerprint density at radius 1 is 0.906 bits per heavy atom. The van der Waals surface area contributed by atoms with Crippen LogP contribution in [0.25, 0.3) is 6.08 Å². The van der Waals surface area contributed by atoms with Gasteiger partial charge in [-0.15, -0.1) is 0 Å². The summed E-state index contributed by atoms with van der Waals surface area (Å²) in [6.07, 6.45) is 1.71. The highest BCUT2D eigenvalue weighted by Gasteiger charge is 2.34. The van der Waals surface area contributed by atoms with E-state index in [1.807, 2.05) is 73.7 Å². The molecule has 3 aromatic carbocycles. The number of hydrogen-bond acceptors (Lipinski definition) is 5. The molecule has 162 valence electrons. The van der Waals surface area contributed by atoms with Gasteiger partial charge in [0.05, 0.1) is 18.6 Å². The van der Waals surface area contributed by atoms with Gasteiger partial charge in [0.2, 0.25) is 0 Å². The number of carbonyl (C=O) groups excluding carboxylic acids is 2. The third kappa shape index (κ3) is 5.03. The highest BCUT2D eigenvalue weighted by molar-refractivity contribution is 8.18. The van der Waals surface area contributed by atoms with Gasteiger partial charge in [0, 0.05) is 0 Å². The Bertz CT molecular complexity index is 1160. The van der Waals surface area contributed by atoms with Crippen molar-refractivity contribution in [3.05, 3.63) is 100.0 Å². The van der Waals surface area contributed by atoms with Crippen LogP contribution in [0.15, 0.2) is 77.7 Å². The molecule has 0 atom stereocenters. The van der Waals surface area contributed by atoms with Crippen LogP contribution in [0.3, 0.4) is 0 Å². The number of ether oxygens (including phenoxy) is 2. The summed E-state index contributed by atoms with van der Waals surface area (Å²) in [6, 6.07) is 23.1. The van der Waals surface area contributed by atoms with Gasteiger partial charge in [0.25, 0.3) is 11.1 Å². The van der Waals surface area contributed by atoms with Crippen LogP contribution < -0.4 is 9.47 Å². The lowest BCUT2D eigenvalue weighted by molar-refractivity contribution is -0.123. The highest BCUT2D eigenvalue weighted by atomic mass is 32.2. The average Bonchev–Trinajstić information content (AvgIpc) is 3.07. The molecule has 2 amide bonds. The van der Waals surface area contributed by atoms with Gasteiger partial charge in [-0.2, -0.15) is 0 Å². The maximum atomic E-state index is 12.8. The quantitative estimate of drug-likeness (QED) is 0.429. The lowest BCUT2D eigenvalue weighted by atomic mass is 10.1. The lowest BCUT2D eigenvalue weighted by Crippen LogP contribution is -2.27. The summed E-state index contributed by atoms with van der Waals surface area (Å²) >= 11 is 0.949. The Labute approximate surface area is 191 Å². The Hall–Kier alpha value is -3.51. The van der Waals surface area contributed by atoms with Crippen LogP contribution in [-0.2, 0) is 17.9 Å². The standard InChI is InChI=1S/C26H23NO4S/c1-18-8-10-20(11-9-18)17-31-22-13-12-21(14-23(22)30-2)15-24-25(28)27(26(29)32-24)16-19-6-4-3-5-7-19/h3-15H,16-17H2,1-2H3/b24-15-. The molecule has 0 spiro atoms. The predicted octanol–water partition coefficient (Wildman–Crippen LogP) is 5.82. The monoisotopic (exact) mass is 445 g/mol. The molecule has 1 aliphatic rings. The zero-order chi connectivity index (χ0) is 22.5. The molecule has 1 heterocycles. The lowest BCUT2D eigenvalue weighted by Gasteiger charge is -2.12. The number of benzene rings is 3. The van der Waals surface area contributed by atoms with Gasteiger partial charge in [0.1, 0.15) is 6.61 Å². The number of imide groups is 1. The van der Waals surface area contributed by atoms with Crippen LogP contribution >= 0.6 is 11.8 Å². The molecule has 32 heavy (non-hydrogen) atoms. The van der Waals surface area contributed by atoms with Gasteiger partial charge in [-0.1, -0.05) is 66.2 Å². The van der Waals surface area contributed by atoms with Crippen LogP contribution in [-0.4, -0.2) is 23.2 Å². The molecule has 0 bridgehead atoms. The fraction of sp³-hybridized carbons (Fsp3) is 0.154. The van der Waals surface area contributed by atoms with E-state index in [4.69, 9.17) is 9.47 Å². The molecule has 1 fully saturated rings. The number of aryl methyl sites for hydroxylation is 1. The molecule has 0 unspecified atom stereocenters. The average molecular weight is 446 g/mol. The van der Waals surface area contributed by atoms with Crippen molar-refractivity contribution in [2.24, 2.45) is 0 Å². The fourth-order valence-electron chi connectivity index (χ4n) is 3.29. The second-order valence-electron chi connectivity index (χ2n) is 7.44. The first kappa shape index (κ1) is 21.7. The van der Waals surface area contributed by atoms with Crippen LogP contribution in [0.2, 0.25) is 0 Å². The minimum atomic E-state index is -0.289. The van der Waals surface area contributed by atoms with Crippen molar-refractivity contribution in [2.75, 3.05) is 7.11 Å². The third-order valence-electron chi connectivity index (χ3n) is 5.06. The minimum Gasteiger partial charge on any atom is -0.493 e. The summed E-state index contributed by atoms with van der Waals surface area (Å²) in [5.41, 5.74) is 3.93. The molecule has 1 saturated heterocycles. The Morgan fingerprint density at radius 3 is 2.38 bits per heavy atom. The number of amides is 2. The number of rotatable bonds is 7. The van der Waals surface area contributed by atoms with Crippen molar-refractivity contribution in [3.8, 4) is 11.5 Å². The minimum absolute atomic E-state index is 0.262. The van der Waals surface area contributed by atoms with Crippen LogP contribution in [0.4, 0.5) is 4.79 Å². The van der Waals surface area contributed by atoms with Crippen molar-refractivity contribution in [2.45, 2.75) is 20.1 Å². The molecule has 0 aliphatic carbocycles. The summed E-state index contributed by atoms with van der Waals surface area (Å²) in [5, 5.41) is -0.268. The van der Waals surface area contributed by atoms with Crippen LogP contribution in [0.1, 0.15) is 22.3 Å². The number of hydrogen-bond donors (Lipinski definition) is 0. The van der Waals surface area contributed by atoms with E-state index < -0.39 is 0 Å². The van der Waals surface area contributed by atoms with Crippen LogP contribution in [0, 0.1) is 6.92 Å². The zero-order valence-corrected chi connectivity index (χ0v) is 18.7. The predicted molar refractivity (Wildman–Crippen MR) is 126 cm³/mol. The van der Waals surface area contributed by atoms with Gasteiger partial charge >= 0.3 is 0 Å². The normalized spacial score (nSPS) is 14.8. The Kier molecular flexibility index (Phi) is 6.61. The second kappa shape index (κ2) is 9.75. The Morgan fingerprint density at radius 2 is 1.66 bits per heavy atom. The van der Waals surface area contributed by atoms with Crippen molar-refractivity contribution < 1.29 is 19.1 Å². The summed E-state index contributed by atoms with van der Waals surface area (Å²) in [7, 11) is 1.57. The van der Waals surface area contributed by atoms with Crippen molar-refractivity contribution in [1.29, 1.82) is 0 Å². The van der Waals surface area contributed by atoms with Crippen molar-refractivity contribution in [3.63, 3.8) is 0 Å². The summed E-state index contributed by atoms with van der Waals surface area (Å²) in [6.45, 7) is 2.73. The number of carbonyl (C=O) groups is 2. The first-order chi connectivity index (χ1) is 15.5. The number of nitrogens with zero attached hydrogens (tertiary/aromatic N) is 1. The molecule has 0 radical (unpaired) electrons. The molecule has 0 aromatic heterocycles. The molecule has 1 aliphatic heterocycles. The first-order valence-electron chi connectivity index (χ1n) is 10.2. The zero-order valence-electron chi connectivity index (χ0n) is 17.9. The van der Waals surface area contributed by atoms with Crippen LogP contribution in [0.5, 0.6) is 11.5 Å². The largest absolute Gasteiger partial charge is 0.493 e. The van der Waals surface area contributed by atoms with Gasteiger partial charge in [-0.05, 0) is 53.6 Å². The second-order valence-corrected chi connectivity index (χ2v) is 8.43. The highest BCUT2D eigenvalue weighted by Crippen LogP contribution is 2.35. The molecule has 5 nitrogen and oxygen atoms in total. The van der Waals surface area contributed by atoms with Gasteiger partial charge < -0.3 is 9.47 Å². The molecule has 6 heteroatoms. The van der Waals surface area contributed by atoms with E-state index in [2.05, 4.69) is 0 Å². The number of thioether (sulfide) groups is 1. The van der Waals surface area contributed by atoms with Gasteiger partial charge in [-0.3, -0.25) is 14.5 Å². The maximum Gasteiger partial charge on any atom is 0.293 e. The van der Waals surface area contributed by atoms with E-state index in [9.17, 15) is 9.59 Å². The van der Waals surface area contributed by atoms with E-state index >= 15 is 0 Å². The molecular weight excluding hydrogens is 422 g/mol. The fourth-order valence-corrected chi connectivity index (χ4v) is 4.13. The SMILES string of the molecule is COc1cc(/C=C2\SC(=O)N(Cc3ccccc3)C2=O)ccc1OCc1ccc(C)cc1. The summed E-state index contributed by atoms with van der Waals surface area (Å²) < 4.78 is 11.4. The topological polar surface area (TPSA) is 55.8 Å². The van der Waals surface area contributed by atoms with E-state index in [0.717, 1.165) is 28.5 Å². The van der Waals surface area contributed by atoms with Gasteiger partial charge in [0.15, 0.2) is 11.5 Å². The molecule has 0 N–H and O–H groups in total. The molecule has 0 saturated carbocycles. The molecular formula is C26H23NO4S. The summed E-state index contributed by atoms with van der Waals surface area (Å²) in [4.78, 5) is 26.8. The van der Waals surface area contributed by atoms with E-state index in [1.165, 1.54) is 10.5 Å². The van der Waals surface area contributed by atoms with Gasteiger partial charge in [-0.25, -0.2) is 0 Å². The smallest absolute Gasteiger partial charge is 0.293 e. The van der Waals surface area contributed by atoms with E-state index in [-0.39, 0.29) is 17.7 Å². The number of methoxy groups -OCH3 is 1. The molecule has 3 aromatic rings. The maximum absolute atomic E-state index is 12.8.